The molecule has 124 valence electrons. The van der Waals surface area contributed by atoms with Gasteiger partial charge in [-0.1, -0.05) is 23.2 Å². The molecule has 23 heavy (non-hydrogen) atoms. The van der Waals surface area contributed by atoms with Crippen molar-refractivity contribution >= 4 is 40.0 Å². The van der Waals surface area contributed by atoms with Crippen LogP contribution in [0.3, 0.4) is 0 Å². The van der Waals surface area contributed by atoms with Crippen molar-refractivity contribution in [3.8, 4) is 0 Å². The molecule has 1 amide bonds. The molecule has 0 unspecified atom stereocenters. The molecule has 0 radical (unpaired) electrons. The van der Waals surface area contributed by atoms with E-state index in [0.29, 0.717) is 30.5 Å². The lowest BCUT2D eigenvalue weighted by atomic mass is 10.2. The smallest absolute Gasteiger partial charge is 0.271 e. The average molecular weight is 359 g/mol. The Morgan fingerprint density at radius 1 is 1.22 bits per heavy atom. The van der Waals surface area contributed by atoms with E-state index in [9.17, 15) is 9.18 Å². The van der Waals surface area contributed by atoms with Gasteiger partial charge in [0.1, 0.15) is 11.5 Å². The van der Waals surface area contributed by atoms with Gasteiger partial charge in [0.15, 0.2) is 0 Å². The summed E-state index contributed by atoms with van der Waals surface area (Å²) in [7, 11) is 0. The fraction of sp³-hybridized carbons (Fsp3) is 0.400. The number of hydrogen-bond donors (Lipinski definition) is 2. The molecule has 2 aromatic rings. The van der Waals surface area contributed by atoms with Crippen LogP contribution in [0.2, 0.25) is 10.0 Å². The van der Waals surface area contributed by atoms with Crippen molar-refractivity contribution in [1.82, 2.24) is 14.8 Å². The number of rotatable bonds is 3. The molecule has 0 atom stereocenters. The van der Waals surface area contributed by atoms with Gasteiger partial charge in [-0.3, -0.25) is 9.69 Å². The van der Waals surface area contributed by atoms with Crippen LogP contribution in [0.25, 0.3) is 10.9 Å². The number of fused-ring (bicyclic) bond motifs is 1. The Balaban J connectivity index is 1.85. The number of hydrogen-bond acceptors (Lipinski definition) is 3. The molecule has 5 nitrogen and oxygen atoms in total. The molecule has 0 aliphatic carbocycles. The van der Waals surface area contributed by atoms with Crippen LogP contribution in [-0.2, 0) is 0 Å². The highest BCUT2D eigenvalue weighted by molar-refractivity contribution is 6.44. The van der Waals surface area contributed by atoms with Crippen LogP contribution in [0.4, 0.5) is 4.39 Å². The number of carbonyl (C=O) groups excluding carboxylic acids is 1. The normalized spacial score (nSPS) is 16.3. The summed E-state index contributed by atoms with van der Waals surface area (Å²) in [6.45, 7) is 4.18. The molecule has 8 heteroatoms. The topological polar surface area (TPSA) is 65.4 Å². The Bertz CT molecular complexity index is 741. The highest BCUT2D eigenvalue weighted by atomic mass is 35.5. The lowest BCUT2D eigenvalue weighted by Crippen LogP contribution is -2.49. The molecule has 1 aliphatic heterocycles. The average Bonchev–Trinajstić information content (AvgIpc) is 2.89. The number of aromatic amines is 1. The van der Waals surface area contributed by atoms with Gasteiger partial charge >= 0.3 is 0 Å². The standard InChI is InChI=1S/C15H17Cl2FN4O/c16-12-9(18)1-2-10-11(12)13(17)14(20-10)15(23)22-7-5-21(4-3-19)6-8-22/h1-2,20H,3-8,19H2. The van der Waals surface area contributed by atoms with Gasteiger partial charge in [0.05, 0.1) is 10.0 Å². The van der Waals surface area contributed by atoms with Crippen LogP contribution in [0, 0.1) is 5.82 Å². The Morgan fingerprint density at radius 2 is 1.91 bits per heavy atom. The molecule has 1 fully saturated rings. The van der Waals surface area contributed by atoms with Crippen LogP contribution >= 0.6 is 23.2 Å². The molecule has 0 spiro atoms. The van der Waals surface area contributed by atoms with Crippen molar-refractivity contribution in [2.75, 3.05) is 39.3 Å². The zero-order chi connectivity index (χ0) is 16.6. The van der Waals surface area contributed by atoms with E-state index in [-0.39, 0.29) is 21.6 Å². The van der Waals surface area contributed by atoms with Crippen molar-refractivity contribution in [3.63, 3.8) is 0 Å². The minimum atomic E-state index is -0.561. The van der Waals surface area contributed by atoms with Crippen molar-refractivity contribution in [2.45, 2.75) is 0 Å². The number of aromatic nitrogens is 1. The summed E-state index contributed by atoms with van der Waals surface area (Å²) in [6.07, 6.45) is 0. The van der Waals surface area contributed by atoms with Gasteiger partial charge in [-0.25, -0.2) is 4.39 Å². The summed E-state index contributed by atoms with van der Waals surface area (Å²) in [5.41, 5.74) is 6.35. The van der Waals surface area contributed by atoms with Crippen LogP contribution < -0.4 is 5.73 Å². The number of nitrogens with one attached hydrogen (secondary N) is 1. The molecule has 1 aromatic carbocycles. The maximum absolute atomic E-state index is 13.6. The Morgan fingerprint density at radius 3 is 2.57 bits per heavy atom. The Hall–Kier alpha value is -1.34. The zero-order valence-electron chi connectivity index (χ0n) is 12.4. The Labute approximate surface area is 143 Å². The van der Waals surface area contributed by atoms with E-state index in [2.05, 4.69) is 9.88 Å². The highest BCUT2D eigenvalue weighted by Gasteiger charge is 2.26. The third-order valence-corrected chi connectivity index (χ3v) is 4.86. The monoisotopic (exact) mass is 358 g/mol. The number of H-pyrrole nitrogens is 1. The van der Waals surface area contributed by atoms with Crippen LogP contribution in [0.15, 0.2) is 12.1 Å². The van der Waals surface area contributed by atoms with Gasteiger partial charge < -0.3 is 15.6 Å². The summed E-state index contributed by atoms with van der Waals surface area (Å²) < 4.78 is 13.6. The first-order valence-corrected chi connectivity index (χ1v) is 8.15. The molecular weight excluding hydrogens is 342 g/mol. The van der Waals surface area contributed by atoms with Crippen LogP contribution in [0.5, 0.6) is 0 Å². The van der Waals surface area contributed by atoms with Gasteiger partial charge in [0.25, 0.3) is 5.91 Å². The largest absolute Gasteiger partial charge is 0.349 e. The van der Waals surface area contributed by atoms with E-state index < -0.39 is 5.82 Å². The molecule has 3 rings (SSSR count). The predicted octanol–water partition coefficient (Wildman–Crippen LogP) is 2.33. The molecule has 1 aliphatic rings. The van der Waals surface area contributed by atoms with Gasteiger partial charge in [0.2, 0.25) is 0 Å². The van der Waals surface area contributed by atoms with Crippen LogP contribution in [0.1, 0.15) is 10.5 Å². The molecule has 0 saturated carbocycles. The predicted molar refractivity (Wildman–Crippen MR) is 89.7 cm³/mol. The summed E-state index contributed by atoms with van der Waals surface area (Å²) in [5.74, 6) is -0.760. The number of nitrogens with two attached hydrogens (primary N) is 1. The maximum Gasteiger partial charge on any atom is 0.271 e. The number of nitrogens with zero attached hydrogens (tertiary/aromatic N) is 2. The number of benzene rings is 1. The summed E-state index contributed by atoms with van der Waals surface area (Å²) in [4.78, 5) is 19.6. The number of carbonyl (C=O) groups is 1. The number of amides is 1. The molecule has 1 saturated heterocycles. The zero-order valence-corrected chi connectivity index (χ0v) is 13.9. The van der Waals surface area contributed by atoms with Gasteiger partial charge in [-0.2, -0.15) is 0 Å². The van der Waals surface area contributed by atoms with E-state index in [0.717, 1.165) is 19.6 Å². The number of piperazine rings is 1. The maximum atomic E-state index is 13.6. The van der Waals surface area contributed by atoms with E-state index in [1.165, 1.54) is 12.1 Å². The second-order valence-corrected chi connectivity index (χ2v) is 6.28. The minimum Gasteiger partial charge on any atom is -0.349 e. The molecule has 0 bridgehead atoms. The highest BCUT2D eigenvalue weighted by Crippen LogP contribution is 2.35. The SMILES string of the molecule is NCCN1CCN(C(=O)c2[nH]c3ccc(F)c(Cl)c3c2Cl)CC1. The number of halogens is 3. The van der Waals surface area contributed by atoms with Gasteiger partial charge in [-0.15, -0.1) is 0 Å². The van der Waals surface area contributed by atoms with Crippen LogP contribution in [-0.4, -0.2) is 60.0 Å². The van der Waals surface area contributed by atoms with E-state index in [1.54, 1.807) is 4.90 Å². The molecule has 2 heterocycles. The molecular formula is C15H17Cl2FN4O. The third kappa shape index (κ3) is 3.04. The fourth-order valence-corrected chi connectivity index (χ4v) is 3.48. The lowest BCUT2D eigenvalue weighted by molar-refractivity contribution is 0.0636. The summed E-state index contributed by atoms with van der Waals surface area (Å²) in [6, 6.07) is 2.77. The van der Waals surface area contributed by atoms with Crippen molar-refractivity contribution in [3.05, 3.63) is 33.7 Å². The third-order valence-electron chi connectivity index (χ3n) is 4.11. The van der Waals surface area contributed by atoms with E-state index in [4.69, 9.17) is 28.9 Å². The van der Waals surface area contributed by atoms with E-state index in [1.807, 2.05) is 0 Å². The fourth-order valence-electron chi connectivity index (χ4n) is 2.85. The van der Waals surface area contributed by atoms with Crippen molar-refractivity contribution in [1.29, 1.82) is 0 Å². The first-order valence-electron chi connectivity index (χ1n) is 7.39. The lowest BCUT2D eigenvalue weighted by Gasteiger charge is -2.34. The van der Waals surface area contributed by atoms with Gasteiger partial charge in [0, 0.05) is 50.2 Å². The Kier molecular flexibility index (Phi) is 4.77. The molecule has 3 N–H and O–H groups in total. The molecule has 1 aromatic heterocycles. The first kappa shape index (κ1) is 16.5. The quantitative estimate of drug-likeness (QED) is 0.884. The minimum absolute atomic E-state index is 0.0736. The van der Waals surface area contributed by atoms with Crippen molar-refractivity contribution in [2.24, 2.45) is 5.73 Å². The first-order chi connectivity index (χ1) is 11.0. The summed E-state index contributed by atoms with van der Waals surface area (Å²) in [5, 5.41) is 0.438. The van der Waals surface area contributed by atoms with E-state index >= 15 is 0 Å². The summed E-state index contributed by atoms with van der Waals surface area (Å²) >= 11 is 12.2. The van der Waals surface area contributed by atoms with Crippen molar-refractivity contribution < 1.29 is 9.18 Å². The second-order valence-electron chi connectivity index (χ2n) is 5.52. The second kappa shape index (κ2) is 6.65. The van der Waals surface area contributed by atoms with Gasteiger partial charge in [-0.05, 0) is 12.1 Å².